The molecule has 2 fully saturated rings. The van der Waals surface area contributed by atoms with Crippen LogP contribution in [0.15, 0.2) is 120 Å². The number of hydrogen-bond acceptors (Lipinski definition) is 14. The minimum atomic E-state index is -2.66. The van der Waals surface area contributed by atoms with Gasteiger partial charge in [-0.25, -0.2) is 4.98 Å². The average Bonchev–Trinajstić information content (AvgIpc) is 4.13. The fourth-order valence-corrected chi connectivity index (χ4v) is 15.1. The lowest BCUT2D eigenvalue weighted by Crippen LogP contribution is -2.49. The molecule has 8 rings (SSSR count). The van der Waals surface area contributed by atoms with Crippen molar-refractivity contribution in [3.63, 3.8) is 0 Å². The molecule has 19 heteroatoms. The number of imidazole rings is 1. The normalized spacial score (nSPS) is 19.2. The van der Waals surface area contributed by atoms with Crippen LogP contribution in [0.25, 0.3) is 11.2 Å². The molecule has 2 aromatic heterocycles. The summed E-state index contributed by atoms with van der Waals surface area (Å²) >= 11 is 3.03. The number of benzene rings is 4. The van der Waals surface area contributed by atoms with Crippen LogP contribution < -0.4 is 20.3 Å². The summed E-state index contributed by atoms with van der Waals surface area (Å²) in [4.78, 5) is 50.9. The van der Waals surface area contributed by atoms with Crippen molar-refractivity contribution >= 4 is 67.1 Å². The number of aromatic nitrogens is 4. The van der Waals surface area contributed by atoms with Crippen LogP contribution in [0.2, 0.25) is 18.1 Å². The predicted octanol–water partition coefficient (Wildman–Crippen LogP) is 10.4. The minimum absolute atomic E-state index is 0.0124. The van der Waals surface area contributed by atoms with Crippen molar-refractivity contribution in [2.24, 2.45) is 0 Å². The fraction of sp³-hybridized carbons (Fsp3) is 0.404. The van der Waals surface area contributed by atoms with E-state index in [9.17, 15) is 14.4 Å². The first-order valence-corrected chi connectivity index (χ1v) is 30.4. The maximum atomic E-state index is 13.5. The Morgan fingerprint density at radius 3 is 2.01 bits per heavy atom. The fourth-order valence-electron chi connectivity index (χ4n) is 8.51. The van der Waals surface area contributed by atoms with Crippen LogP contribution in [0.5, 0.6) is 11.5 Å². The molecule has 2 saturated heterocycles. The second kappa shape index (κ2) is 22.9. The SMILES string of the molecule is COc1ccc(C(OC[C@H]2O[C@@H](n3cnc4c(=O)[nH]c(NC(C)=O)nc43)[C@H](O[Si](C)(C)C(C)(C)C)[C@@H]2OP(SCCSC(=O)c2ccccc2)N2CCCC2)(c2ccccc2)c2ccc(OC)cc2)cc1. The number of carbonyl (C=O) groups is 2. The van der Waals surface area contributed by atoms with Gasteiger partial charge in [-0.15, -0.1) is 0 Å². The molecule has 0 saturated carbocycles. The highest BCUT2D eigenvalue weighted by Gasteiger charge is 2.54. The number of nitrogens with one attached hydrogen (secondary N) is 2. The predicted molar refractivity (Wildman–Crippen MR) is 285 cm³/mol. The standard InChI is InChI=1S/C52H63N6O9PS2Si/c1-35(59)54-50-55-46-43(47(60)56-50)53-34-58(46)48-45(67-71(7,8)51(2,3)4)44(66-68(57-29-15-16-30-57)70-32-31-69-49(61)36-17-11-9-12-18-36)42(65-48)33-64-52(37-19-13-10-14-20-37,38-21-25-40(62-5)26-22-38)39-23-27-41(63-6)28-24-39/h9-14,17-28,34,42,44-45,48H,15-16,29-33H2,1-8H3,(H2,54,55,56,59,60)/t42-,44-,45-,48-,68?/m1/s1. The van der Waals surface area contributed by atoms with E-state index in [-0.39, 0.29) is 33.9 Å². The molecule has 2 aliphatic heterocycles. The number of fused-ring (bicyclic) bond motifs is 1. The summed E-state index contributed by atoms with van der Waals surface area (Å²) < 4.78 is 45.4. The molecule has 2 aliphatic rings. The summed E-state index contributed by atoms with van der Waals surface area (Å²) in [5.41, 5.74) is 1.82. The van der Waals surface area contributed by atoms with Gasteiger partial charge in [0, 0.05) is 37.1 Å². The van der Waals surface area contributed by atoms with Gasteiger partial charge in [-0.05, 0) is 71.9 Å². The molecule has 0 radical (unpaired) electrons. The van der Waals surface area contributed by atoms with Crippen molar-refractivity contribution in [2.75, 3.05) is 50.7 Å². The second-order valence-corrected chi connectivity index (χ2v) is 28.4. The van der Waals surface area contributed by atoms with Crippen LogP contribution in [0.4, 0.5) is 5.95 Å². The molecule has 4 aromatic carbocycles. The number of hydrogen-bond donors (Lipinski definition) is 2. The number of nitrogens with zero attached hydrogens (tertiary/aromatic N) is 4. The molecule has 0 aliphatic carbocycles. The third-order valence-electron chi connectivity index (χ3n) is 13.2. The van der Waals surface area contributed by atoms with Crippen LogP contribution in [-0.4, -0.2) is 107 Å². The number of H-pyrrole nitrogens is 1. The van der Waals surface area contributed by atoms with Gasteiger partial charge in [-0.1, -0.05) is 129 Å². The molecule has 0 bridgehead atoms. The van der Waals surface area contributed by atoms with E-state index in [0.29, 0.717) is 28.6 Å². The first-order valence-electron chi connectivity index (χ1n) is 23.7. The Kier molecular flexibility index (Phi) is 16.9. The van der Waals surface area contributed by atoms with Gasteiger partial charge in [0.05, 0.1) is 27.2 Å². The Balaban J connectivity index is 1.25. The smallest absolute Gasteiger partial charge is 0.280 e. The summed E-state index contributed by atoms with van der Waals surface area (Å²) in [6, 6.07) is 35.2. The lowest BCUT2D eigenvalue weighted by Gasteiger charge is -2.41. The van der Waals surface area contributed by atoms with Crippen molar-refractivity contribution in [1.29, 1.82) is 0 Å². The molecule has 71 heavy (non-hydrogen) atoms. The van der Waals surface area contributed by atoms with E-state index < -0.39 is 57.4 Å². The van der Waals surface area contributed by atoms with E-state index >= 15 is 0 Å². The number of carbonyl (C=O) groups excluding carboxylic acids is 2. The van der Waals surface area contributed by atoms with E-state index in [1.807, 2.05) is 97.1 Å². The molecule has 0 spiro atoms. The summed E-state index contributed by atoms with van der Waals surface area (Å²) in [6.07, 6.45) is 0.422. The Bertz CT molecular complexity index is 2750. The maximum Gasteiger partial charge on any atom is 0.280 e. The van der Waals surface area contributed by atoms with Gasteiger partial charge in [0.2, 0.25) is 17.0 Å². The number of aromatic amines is 1. The van der Waals surface area contributed by atoms with Crippen LogP contribution in [0.3, 0.4) is 0 Å². The Morgan fingerprint density at radius 2 is 1.44 bits per heavy atom. The topological polar surface area (TPSA) is 168 Å². The number of methoxy groups -OCH3 is 2. The van der Waals surface area contributed by atoms with Crippen molar-refractivity contribution in [3.8, 4) is 11.5 Å². The van der Waals surface area contributed by atoms with Gasteiger partial charge >= 0.3 is 0 Å². The first kappa shape index (κ1) is 52.4. The molecule has 1 unspecified atom stereocenters. The quantitative estimate of drug-likeness (QED) is 0.0321. The van der Waals surface area contributed by atoms with Crippen molar-refractivity contribution in [2.45, 2.75) is 88.8 Å². The number of anilines is 1. The summed E-state index contributed by atoms with van der Waals surface area (Å²) in [5, 5.41) is 2.42. The van der Waals surface area contributed by atoms with Gasteiger partial charge < -0.3 is 27.9 Å². The van der Waals surface area contributed by atoms with Gasteiger partial charge in [-0.2, -0.15) is 4.98 Å². The molecule has 5 atom stereocenters. The highest BCUT2D eigenvalue weighted by atomic mass is 32.7. The second-order valence-electron chi connectivity index (χ2n) is 18.9. The zero-order valence-corrected chi connectivity index (χ0v) is 45.0. The average molecular weight is 1040 g/mol. The Morgan fingerprint density at radius 1 is 0.845 bits per heavy atom. The zero-order valence-electron chi connectivity index (χ0n) is 41.5. The van der Waals surface area contributed by atoms with E-state index in [2.05, 4.69) is 66.0 Å². The largest absolute Gasteiger partial charge is 0.497 e. The van der Waals surface area contributed by atoms with Crippen LogP contribution in [-0.2, 0) is 28.8 Å². The monoisotopic (exact) mass is 1040 g/mol. The zero-order chi connectivity index (χ0) is 50.3. The van der Waals surface area contributed by atoms with E-state index in [1.165, 1.54) is 18.7 Å². The van der Waals surface area contributed by atoms with Crippen LogP contribution in [0.1, 0.15) is 73.8 Å². The van der Waals surface area contributed by atoms with E-state index in [0.717, 1.165) is 42.6 Å². The highest BCUT2D eigenvalue weighted by molar-refractivity contribution is 8.53. The van der Waals surface area contributed by atoms with Gasteiger partial charge in [0.25, 0.3) is 5.56 Å². The minimum Gasteiger partial charge on any atom is -0.497 e. The lowest BCUT2D eigenvalue weighted by atomic mass is 9.80. The van der Waals surface area contributed by atoms with Gasteiger partial charge in [-0.3, -0.25) is 33.9 Å². The molecular formula is C52H63N6O9PS2Si. The van der Waals surface area contributed by atoms with Gasteiger partial charge in [0.15, 0.2) is 33.2 Å². The van der Waals surface area contributed by atoms with Crippen LogP contribution >= 0.6 is 30.6 Å². The number of thioether (sulfide) groups is 1. The van der Waals surface area contributed by atoms with E-state index in [1.54, 1.807) is 36.5 Å². The molecular weight excluding hydrogens is 976 g/mol. The highest BCUT2D eigenvalue weighted by Crippen LogP contribution is 2.59. The first-order chi connectivity index (χ1) is 34.1. The third-order valence-corrected chi connectivity index (χ3v) is 22.9. The van der Waals surface area contributed by atoms with Crippen LogP contribution in [0, 0.1) is 0 Å². The molecule has 15 nitrogen and oxygen atoms in total. The third kappa shape index (κ3) is 11.8. The number of rotatable bonds is 20. The molecule has 4 heterocycles. The lowest BCUT2D eigenvalue weighted by molar-refractivity contribution is -0.114. The maximum absolute atomic E-state index is 13.5. The van der Waals surface area contributed by atoms with Crippen molar-refractivity contribution in [1.82, 2.24) is 24.2 Å². The number of amides is 1. The Labute approximate surface area is 425 Å². The molecule has 1 amide bonds. The van der Waals surface area contributed by atoms with Crippen molar-refractivity contribution in [3.05, 3.63) is 148 Å². The summed E-state index contributed by atoms with van der Waals surface area (Å²) in [5.74, 6) is 2.23. The summed E-state index contributed by atoms with van der Waals surface area (Å²) in [6.45, 7) is 14.0. The molecule has 376 valence electrons. The summed E-state index contributed by atoms with van der Waals surface area (Å²) in [7, 11) is -0.713. The van der Waals surface area contributed by atoms with Gasteiger partial charge in [0.1, 0.15) is 35.4 Å². The van der Waals surface area contributed by atoms with Crippen molar-refractivity contribution < 1.29 is 37.5 Å². The van der Waals surface area contributed by atoms with E-state index in [4.69, 9.17) is 32.9 Å². The Hall–Kier alpha value is -4.88. The molecule has 6 aromatic rings. The number of ether oxygens (including phenoxy) is 4. The molecule has 2 N–H and O–H groups in total.